The van der Waals surface area contributed by atoms with Gasteiger partial charge in [-0.1, -0.05) is 23.4 Å². The minimum Gasteiger partial charge on any atom is -0.494 e. The molecule has 0 unspecified atom stereocenters. The van der Waals surface area contributed by atoms with Gasteiger partial charge in [0.1, 0.15) is 11.4 Å². The number of hydrogen-bond acceptors (Lipinski definition) is 9. The molecule has 0 spiro atoms. The van der Waals surface area contributed by atoms with Crippen molar-refractivity contribution in [1.82, 2.24) is 35.7 Å². The van der Waals surface area contributed by atoms with Gasteiger partial charge in [0.2, 0.25) is 11.6 Å². The molecule has 0 aliphatic rings. The number of aromatic amines is 1. The summed E-state index contributed by atoms with van der Waals surface area (Å²) in [6.45, 7) is 2.43. The van der Waals surface area contributed by atoms with Crippen LogP contribution in [0, 0.1) is 0 Å². The summed E-state index contributed by atoms with van der Waals surface area (Å²) in [6.07, 6.45) is 3.36. The lowest BCUT2D eigenvalue weighted by molar-refractivity contribution is 0.0950. The molecule has 12 heteroatoms. The molecule has 12 nitrogen and oxygen atoms in total. The second-order valence-electron chi connectivity index (χ2n) is 7.12. The van der Waals surface area contributed by atoms with Gasteiger partial charge in [0.15, 0.2) is 5.69 Å². The van der Waals surface area contributed by atoms with Gasteiger partial charge in [-0.25, -0.2) is 10.1 Å². The highest BCUT2D eigenvalue weighted by atomic mass is 16.6. The van der Waals surface area contributed by atoms with Gasteiger partial charge in [0, 0.05) is 28.2 Å². The number of nitrogens with zero attached hydrogens (tertiary/aromatic N) is 6. The van der Waals surface area contributed by atoms with Crippen molar-refractivity contribution in [1.29, 1.82) is 0 Å². The van der Waals surface area contributed by atoms with E-state index in [1.165, 1.54) is 4.68 Å². The second-order valence-corrected chi connectivity index (χ2v) is 7.12. The number of nitrogens with two attached hydrogens (primary N) is 1. The molecular weight excluding hydrogens is 438 g/mol. The van der Waals surface area contributed by atoms with E-state index in [0.717, 1.165) is 16.5 Å². The number of carbonyl (C=O) groups excluding carboxylic acids is 1. The van der Waals surface area contributed by atoms with Crippen LogP contribution in [-0.4, -0.2) is 49.0 Å². The third kappa shape index (κ3) is 3.83. The molecule has 0 atom stereocenters. The van der Waals surface area contributed by atoms with Crippen molar-refractivity contribution in [3.05, 3.63) is 66.0 Å². The summed E-state index contributed by atoms with van der Waals surface area (Å²) in [5.74, 6) is 0.225. The maximum absolute atomic E-state index is 13.0. The van der Waals surface area contributed by atoms with Crippen molar-refractivity contribution in [3.63, 3.8) is 0 Å². The van der Waals surface area contributed by atoms with Crippen molar-refractivity contribution in [2.24, 2.45) is 5.10 Å². The van der Waals surface area contributed by atoms with Crippen LogP contribution in [0.1, 0.15) is 23.0 Å². The number of nitrogen functional groups attached to an aromatic ring is 1. The normalized spacial score (nSPS) is 11.3. The largest absolute Gasteiger partial charge is 0.494 e. The Morgan fingerprint density at radius 2 is 2.06 bits per heavy atom. The number of hydrazone groups is 1. The lowest BCUT2D eigenvalue weighted by Gasteiger charge is -2.07. The molecule has 0 aliphatic carbocycles. The average Bonchev–Trinajstić information content (AvgIpc) is 3.58. The molecule has 34 heavy (non-hydrogen) atoms. The number of aromatic nitrogens is 6. The predicted octanol–water partition coefficient (Wildman–Crippen LogP) is 2.54. The van der Waals surface area contributed by atoms with Crippen LogP contribution < -0.4 is 15.9 Å². The first kappa shape index (κ1) is 20.9. The minimum absolute atomic E-state index is 0.00130. The fourth-order valence-corrected chi connectivity index (χ4v) is 3.47. The standard InChI is InChI=1S/C22H19N9O3/c1-2-33-15-9-7-13(8-10-15)19-18(26-30-31(19)21-20(23)28-34-29-21)22(32)27-25-12-14-11-24-17-6-4-3-5-16(14)17/h3-12,24H,2H2,1H3,(H2,23,28)(H,27,32). The number of H-pyrrole nitrogens is 1. The number of nitrogens with one attached hydrogen (secondary N) is 2. The molecule has 0 saturated heterocycles. The van der Waals surface area contributed by atoms with Crippen LogP contribution >= 0.6 is 0 Å². The Bertz CT molecular complexity index is 1480. The van der Waals surface area contributed by atoms with Crippen LogP contribution in [0.5, 0.6) is 5.75 Å². The van der Waals surface area contributed by atoms with E-state index in [0.29, 0.717) is 23.6 Å². The SMILES string of the molecule is CCOc1ccc(-c2c(C(=O)NN=Cc3c[nH]c4ccccc34)nnn2-c2nonc2N)cc1. The van der Waals surface area contributed by atoms with E-state index in [2.05, 4.69) is 36.1 Å². The number of benzene rings is 2. The molecule has 0 radical (unpaired) electrons. The number of para-hydroxylation sites is 1. The van der Waals surface area contributed by atoms with Crippen LogP contribution in [-0.2, 0) is 0 Å². The van der Waals surface area contributed by atoms with Crippen molar-refractivity contribution in [3.8, 4) is 22.8 Å². The summed E-state index contributed by atoms with van der Waals surface area (Å²) in [5, 5.41) is 20.5. The summed E-state index contributed by atoms with van der Waals surface area (Å²) < 4.78 is 11.5. The third-order valence-electron chi connectivity index (χ3n) is 5.01. The fourth-order valence-electron chi connectivity index (χ4n) is 3.47. The zero-order valence-electron chi connectivity index (χ0n) is 18.0. The van der Waals surface area contributed by atoms with E-state index in [4.69, 9.17) is 15.1 Å². The molecule has 170 valence electrons. The summed E-state index contributed by atoms with van der Waals surface area (Å²) in [7, 11) is 0. The predicted molar refractivity (Wildman–Crippen MR) is 124 cm³/mol. The molecule has 4 N–H and O–H groups in total. The monoisotopic (exact) mass is 457 g/mol. The van der Waals surface area contributed by atoms with Gasteiger partial charge < -0.3 is 15.5 Å². The van der Waals surface area contributed by atoms with Crippen LogP contribution in [0.2, 0.25) is 0 Å². The molecule has 3 aromatic heterocycles. The Labute approximate surface area is 192 Å². The maximum Gasteiger partial charge on any atom is 0.294 e. The average molecular weight is 457 g/mol. The molecule has 0 fully saturated rings. The van der Waals surface area contributed by atoms with E-state index < -0.39 is 5.91 Å². The van der Waals surface area contributed by atoms with E-state index >= 15 is 0 Å². The minimum atomic E-state index is -0.568. The highest BCUT2D eigenvalue weighted by Gasteiger charge is 2.25. The van der Waals surface area contributed by atoms with E-state index in [1.54, 1.807) is 30.5 Å². The van der Waals surface area contributed by atoms with E-state index in [1.807, 2.05) is 37.4 Å². The Balaban J connectivity index is 1.47. The first-order valence-corrected chi connectivity index (χ1v) is 10.3. The summed E-state index contributed by atoms with van der Waals surface area (Å²) in [5.41, 5.74) is 11.1. The molecular formula is C22H19N9O3. The summed E-state index contributed by atoms with van der Waals surface area (Å²) in [4.78, 5) is 16.2. The van der Waals surface area contributed by atoms with Crippen LogP contribution in [0.3, 0.4) is 0 Å². The Morgan fingerprint density at radius 3 is 2.82 bits per heavy atom. The quantitative estimate of drug-likeness (QED) is 0.248. The van der Waals surface area contributed by atoms with Crippen LogP contribution in [0.4, 0.5) is 5.82 Å². The molecule has 5 aromatic rings. The Kier molecular flexibility index (Phi) is 5.44. The van der Waals surface area contributed by atoms with Gasteiger partial charge in [-0.15, -0.1) is 5.10 Å². The van der Waals surface area contributed by atoms with Crippen molar-refractivity contribution in [2.75, 3.05) is 12.3 Å². The van der Waals surface area contributed by atoms with Crippen molar-refractivity contribution in [2.45, 2.75) is 6.92 Å². The number of ether oxygens (including phenoxy) is 1. The van der Waals surface area contributed by atoms with Gasteiger partial charge in [-0.2, -0.15) is 9.78 Å². The zero-order chi connectivity index (χ0) is 23.5. The highest BCUT2D eigenvalue weighted by molar-refractivity contribution is 6.01. The molecule has 0 bridgehead atoms. The molecule has 1 amide bonds. The van der Waals surface area contributed by atoms with Gasteiger partial charge in [0.05, 0.1) is 12.8 Å². The topological polar surface area (TPSA) is 162 Å². The number of fused-ring (bicyclic) bond motifs is 1. The third-order valence-corrected chi connectivity index (χ3v) is 5.01. The van der Waals surface area contributed by atoms with Crippen LogP contribution in [0.15, 0.2) is 64.5 Å². The van der Waals surface area contributed by atoms with Gasteiger partial charge in [0.25, 0.3) is 5.91 Å². The first-order valence-electron chi connectivity index (χ1n) is 10.3. The number of hydrogen-bond donors (Lipinski definition) is 3. The van der Waals surface area contributed by atoms with E-state index in [9.17, 15) is 4.79 Å². The molecule has 0 aliphatic heterocycles. The first-order chi connectivity index (χ1) is 16.7. The van der Waals surface area contributed by atoms with Gasteiger partial charge in [-0.05, 0) is 47.6 Å². The zero-order valence-corrected chi connectivity index (χ0v) is 18.0. The van der Waals surface area contributed by atoms with Crippen molar-refractivity contribution < 1.29 is 14.2 Å². The number of anilines is 1. The Morgan fingerprint density at radius 1 is 1.24 bits per heavy atom. The Hall–Kier alpha value is -5.00. The molecule has 0 saturated carbocycles. The van der Waals surface area contributed by atoms with Crippen LogP contribution in [0.25, 0.3) is 28.0 Å². The maximum atomic E-state index is 13.0. The summed E-state index contributed by atoms with van der Waals surface area (Å²) >= 11 is 0. The van der Waals surface area contributed by atoms with Gasteiger partial charge >= 0.3 is 0 Å². The smallest absolute Gasteiger partial charge is 0.294 e. The molecule has 2 aromatic carbocycles. The highest BCUT2D eigenvalue weighted by Crippen LogP contribution is 2.28. The fraction of sp³-hybridized carbons (Fsp3) is 0.0909. The molecule has 5 rings (SSSR count). The lowest BCUT2D eigenvalue weighted by Crippen LogP contribution is -2.19. The summed E-state index contributed by atoms with van der Waals surface area (Å²) in [6, 6.07) is 14.9. The number of carbonyl (C=O) groups is 1. The number of rotatable bonds is 7. The molecule has 3 heterocycles. The lowest BCUT2D eigenvalue weighted by atomic mass is 10.1. The second kappa shape index (κ2) is 8.86. The van der Waals surface area contributed by atoms with E-state index in [-0.39, 0.29) is 17.3 Å². The number of amides is 1. The van der Waals surface area contributed by atoms with Crippen molar-refractivity contribution >= 4 is 28.8 Å². The van der Waals surface area contributed by atoms with Gasteiger partial charge in [-0.3, -0.25) is 4.79 Å².